The Labute approximate surface area is 123 Å². The van der Waals surface area contributed by atoms with Gasteiger partial charge in [0.05, 0.1) is 0 Å². The summed E-state index contributed by atoms with van der Waals surface area (Å²) in [4.78, 5) is 0. The summed E-state index contributed by atoms with van der Waals surface area (Å²) >= 11 is 4.22. The summed E-state index contributed by atoms with van der Waals surface area (Å²) in [5, 5.41) is 1.07. The largest absolute Gasteiger partial charge is 0.537 e. The van der Waals surface area contributed by atoms with Crippen LogP contribution < -0.4 is 5.19 Å². The highest BCUT2D eigenvalue weighted by Gasteiger charge is 2.44. The minimum absolute atomic E-state index is 0.585. The van der Waals surface area contributed by atoms with Crippen LogP contribution in [0.5, 0.6) is 0 Å². The van der Waals surface area contributed by atoms with Gasteiger partial charge in [0.1, 0.15) is 0 Å². The van der Waals surface area contributed by atoms with Crippen LogP contribution in [0.25, 0.3) is 0 Å². The predicted molar refractivity (Wildman–Crippen MR) is 84.2 cm³/mol. The van der Waals surface area contributed by atoms with E-state index in [1.807, 2.05) is 32.0 Å². The van der Waals surface area contributed by atoms with Gasteiger partial charge < -0.3 is 13.3 Å². The molecule has 0 fully saturated rings. The summed E-state index contributed by atoms with van der Waals surface area (Å²) in [6.07, 6.45) is 0.893. The van der Waals surface area contributed by atoms with E-state index < -0.39 is 8.80 Å². The number of thiol groups is 1. The molecule has 0 aliphatic heterocycles. The molecule has 1 aromatic rings. The molecule has 0 radical (unpaired) electrons. The average Bonchev–Trinajstić information content (AvgIpc) is 2.40. The van der Waals surface area contributed by atoms with Crippen LogP contribution in [0, 0.1) is 6.92 Å². The Bertz CT molecular complexity index is 367. The Kier molecular flexibility index (Phi) is 7.71. The van der Waals surface area contributed by atoms with Crippen LogP contribution in [0.2, 0.25) is 0 Å². The molecule has 1 aromatic carbocycles. The predicted octanol–water partition coefficient (Wildman–Crippen LogP) is 2.55. The number of aryl methyl sites for hydroxylation is 1. The van der Waals surface area contributed by atoms with E-state index in [1.165, 1.54) is 0 Å². The van der Waals surface area contributed by atoms with Crippen molar-refractivity contribution in [2.45, 2.75) is 27.2 Å². The first-order chi connectivity index (χ1) is 9.20. The van der Waals surface area contributed by atoms with Crippen molar-refractivity contribution in [2.75, 3.05) is 25.6 Å². The Hall–Kier alpha value is -0.333. The van der Waals surface area contributed by atoms with Crippen molar-refractivity contribution in [1.82, 2.24) is 0 Å². The lowest BCUT2D eigenvalue weighted by Crippen LogP contribution is -2.58. The number of rotatable bonds is 9. The highest BCUT2D eigenvalue weighted by molar-refractivity contribution is 7.80. The maximum atomic E-state index is 6.06. The lowest BCUT2D eigenvalue weighted by atomic mass is 10.2. The summed E-state index contributed by atoms with van der Waals surface area (Å²) in [6, 6.07) is 8.14. The van der Waals surface area contributed by atoms with Gasteiger partial charge in [-0.2, -0.15) is 12.6 Å². The van der Waals surface area contributed by atoms with Gasteiger partial charge in [0.25, 0.3) is 0 Å². The molecule has 19 heavy (non-hydrogen) atoms. The SMILES string of the molecule is CCO[Si](OCC)(OCCCS)c1ccccc1C. The minimum atomic E-state index is -2.79. The Morgan fingerprint density at radius 3 is 2.21 bits per heavy atom. The van der Waals surface area contributed by atoms with Crippen LogP contribution in [0.1, 0.15) is 25.8 Å². The van der Waals surface area contributed by atoms with E-state index in [1.54, 1.807) is 0 Å². The number of hydrogen-bond acceptors (Lipinski definition) is 4. The monoisotopic (exact) mass is 300 g/mol. The standard InChI is InChI=1S/C14H24O3SSi/c1-4-15-19(16-5-2,17-11-8-12-18)14-10-7-6-9-13(14)3/h6-7,9-10,18H,4-5,8,11-12H2,1-3H3. The molecule has 0 atom stereocenters. The second-order valence-electron chi connectivity index (χ2n) is 4.16. The van der Waals surface area contributed by atoms with Crippen LogP contribution >= 0.6 is 12.6 Å². The van der Waals surface area contributed by atoms with Gasteiger partial charge in [0.2, 0.25) is 0 Å². The van der Waals surface area contributed by atoms with E-state index >= 15 is 0 Å². The molecule has 0 N–H and O–H groups in total. The molecule has 0 spiro atoms. The lowest BCUT2D eigenvalue weighted by molar-refractivity contribution is 0.0816. The molecule has 0 bridgehead atoms. The van der Waals surface area contributed by atoms with Gasteiger partial charge in [-0.3, -0.25) is 0 Å². The maximum Gasteiger partial charge on any atom is 0.537 e. The molecule has 0 unspecified atom stereocenters. The van der Waals surface area contributed by atoms with Gasteiger partial charge in [0.15, 0.2) is 0 Å². The van der Waals surface area contributed by atoms with Crippen LogP contribution in [0.4, 0.5) is 0 Å². The first-order valence-corrected chi connectivity index (χ1v) is 9.14. The molecule has 0 aromatic heterocycles. The molecule has 1 rings (SSSR count). The van der Waals surface area contributed by atoms with Crippen LogP contribution in [-0.4, -0.2) is 34.4 Å². The molecule has 0 aliphatic carbocycles. The fourth-order valence-corrected chi connectivity index (χ4v) is 4.81. The van der Waals surface area contributed by atoms with E-state index in [2.05, 4.69) is 25.6 Å². The molecular weight excluding hydrogens is 276 g/mol. The second-order valence-corrected chi connectivity index (χ2v) is 7.13. The molecule has 0 aliphatic rings. The van der Waals surface area contributed by atoms with Gasteiger partial charge in [-0.15, -0.1) is 0 Å². The summed E-state index contributed by atoms with van der Waals surface area (Å²) in [5.74, 6) is 0.802. The first-order valence-electron chi connectivity index (χ1n) is 6.79. The summed E-state index contributed by atoms with van der Waals surface area (Å²) in [6.45, 7) is 7.80. The van der Waals surface area contributed by atoms with Crippen molar-refractivity contribution in [3.8, 4) is 0 Å². The second kappa shape index (κ2) is 8.76. The Morgan fingerprint density at radius 1 is 1.05 bits per heavy atom. The smallest absolute Gasteiger partial charge is 0.370 e. The molecule has 0 saturated heterocycles. The Morgan fingerprint density at radius 2 is 1.68 bits per heavy atom. The summed E-state index contributed by atoms with van der Waals surface area (Å²) < 4.78 is 18.0. The lowest BCUT2D eigenvalue weighted by Gasteiger charge is -2.30. The van der Waals surface area contributed by atoms with Crippen molar-refractivity contribution in [3.63, 3.8) is 0 Å². The third kappa shape index (κ3) is 4.61. The van der Waals surface area contributed by atoms with E-state index in [0.717, 1.165) is 22.9 Å². The van der Waals surface area contributed by atoms with Gasteiger partial charge in [-0.25, -0.2) is 0 Å². The molecule has 0 saturated carbocycles. The summed E-state index contributed by atoms with van der Waals surface area (Å²) in [5.41, 5.74) is 1.15. The topological polar surface area (TPSA) is 27.7 Å². The number of hydrogen-bond donors (Lipinski definition) is 1. The molecule has 0 amide bonds. The first kappa shape index (κ1) is 16.7. The molecule has 5 heteroatoms. The van der Waals surface area contributed by atoms with Gasteiger partial charge in [0, 0.05) is 25.0 Å². The highest BCUT2D eigenvalue weighted by Crippen LogP contribution is 2.14. The molecule has 3 nitrogen and oxygen atoms in total. The normalized spacial score (nSPS) is 11.8. The van der Waals surface area contributed by atoms with Crippen LogP contribution in [-0.2, 0) is 13.3 Å². The van der Waals surface area contributed by atoms with Crippen molar-refractivity contribution < 1.29 is 13.3 Å². The zero-order chi connectivity index (χ0) is 14.1. The van der Waals surface area contributed by atoms with E-state index in [-0.39, 0.29) is 0 Å². The van der Waals surface area contributed by atoms with E-state index in [9.17, 15) is 0 Å². The zero-order valence-corrected chi connectivity index (χ0v) is 13.9. The highest BCUT2D eigenvalue weighted by atomic mass is 32.1. The van der Waals surface area contributed by atoms with Crippen molar-refractivity contribution in [3.05, 3.63) is 29.8 Å². The van der Waals surface area contributed by atoms with E-state index in [0.29, 0.717) is 19.8 Å². The van der Waals surface area contributed by atoms with Crippen molar-refractivity contribution in [2.24, 2.45) is 0 Å². The third-order valence-corrected chi connectivity index (χ3v) is 6.20. The zero-order valence-electron chi connectivity index (χ0n) is 12.0. The third-order valence-electron chi connectivity index (χ3n) is 2.74. The van der Waals surface area contributed by atoms with Crippen LogP contribution in [0.15, 0.2) is 24.3 Å². The average molecular weight is 300 g/mol. The van der Waals surface area contributed by atoms with Crippen molar-refractivity contribution in [1.29, 1.82) is 0 Å². The van der Waals surface area contributed by atoms with Crippen molar-refractivity contribution >= 4 is 26.6 Å². The molecular formula is C14H24O3SSi. The van der Waals surface area contributed by atoms with Gasteiger partial charge >= 0.3 is 8.80 Å². The molecule has 0 heterocycles. The van der Waals surface area contributed by atoms with Crippen LogP contribution in [0.3, 0.4) is 0 Å². The van der Waals surface area contributed by atoms with Gasteiger partial charge in [-0.05, 0) is 38.5 Å². The quantitative estimate of drug-likeness (QED) is 0.431. The minimum Gasteiger partial charge on any atom is -0.370 e. The fraction of sp³-hybridized carbons (Fsp3) is 0.571. The van der Waals surface area contributed by atoms with Gasteiger partial charge in [-0.1, -0.05) is 24.3 Å². The van der Waals surface area contributed by atoms with E-state index in [4.69, 9.17) is 13.3 Å². The fourth-order valence-electron chi connectivity index (χ4n) is 1.93. The summed E-state index contributed by atoms with van der Waals surface area (Å²) in [7, 11) is -2.79. The number of benzene rings is 1. The Balaban J connectivity index is 3.03. The molecule has 108 valence electrons. The maximum absolute atomic E-state index is 6.06.